The van der Waals surface area contributed by atoms with Gasteiger partial charge in [-0.15, -0.1) is 0 Å². The van der Waals surface area contributed by atoms with Crippen molar-refractivity contribution in [2.45, 2.75) is 111 Å². The second kappa shape index (κ2) is 12.3. The number of benzene rings is 1. The van der Waals surface area contributed by atoms with Gasteiger partial charge in [0.1, 0.15) is 24.1 Å². The summed E-state index contributed by atoms with van der Waals surface area (Å²) in [5, 5.41) is 8.43. The third-order valence-corrected chi connectivity index (χ3v) is 9.07. The topological polar surface area (TPSA) is 110 Å². The monoisotopic (exact) mass is 572 g/mol. The SMILES string of the molecule is CCCCCCCCCNC(=O)[C@@H]1C[C@@]2(C)C[C@H]2N1C(=O)Cn1nc(C(C)=O)c2cc(-c3cnc(C)nc3)cc(C)c21. The number of unbranched alkanes of at least 4 members (excludes halogenated alkanes) is 6. The number of fused-ring (bicyclic) bond motifs is 2. The average Bonchev–Trinajstić information content (AvgIpc) is 3.30. The Morgan fingerprint density at radius 3 is 2.36 bits per heavy atom. The van der Waals surface area contributed by atoms with Gasteiger partial charge in [0.05, 0.1) is 5.52 Å². The zero-order chi connectivity index (χ0) is 30.0. The molecule has 1 N–H and O–H groups in total. The Labute approximate surface area is 248 Å². The summed E-state index contributed by atoms with van der Waals surface area (Å²) in [7, 11) is 0. The molecular weight excluding hydrogens is 528 g/mol. The van der Waals surface area contributed by atoms with Gasteiger partial charge in [-0.2, -0.15) is 5.10 Å². The number of carbonyl (C=O) groups is 3. The molecule has 3 atom stereocenters. The van der Waals surface area contributed by atoms with Crippen molar-refractivity contribution in [3.8, 4) is 11.1 Å². The molecule has 2 aliphatic rings. The molecule has 0 bridgehead atoms. The van der Waals surface area contributed by atoms with E-state index in [2.05, 4.69) is 34.2 Å². The van der Waals surface area contributed by atoms with Gasteiger partial charge in [0.2, 0.25) is 11.8 Å². The molecular formula is C33H44N6O3. The van der Waals surface area contributed by atoms with Crippen LogP contribution in [0.5, 0.6) is 0 Å². The maximum atomic E-state index is 13.8. The summed E-state index contributed by atoms with van der Waals surface area (Å²) in [5.41, 5.74) is 3.71. The predicted molar refractivity (Wildman–Crippen MR) is 163 cm³/mol. The van der Waals surface area contributed by atoms with Gasteiger partial charge in [-0.3, -0.25) is 19.1 Å². The molecule has 1 aliphatic carbocycles. The van der Waals surface area contributed by atoms with E-state index in [1.54, 1.807) is 22.0 Å². The van der Waals surface area contributed by atoms with Crippen LogP contribution in [-0.2, 0) is 16.1 Å². The average molecular weight is 573 g/mol. The van der Waals surface area contributed by atoms with E-state index < -0.39 is 6.04 Å². The van der Waals surface area contributed by atoms with Crippen molar-refractivity contribution in [3.05, 3.63) is 41.6 Å². The number of rotatable bonds is 13. The van der Waals surface area contributed by atoms with E-state index in [1.165, 1.54) is 39.0 Å². The van der Waals surface area contributed by atoms with Gasteiger partial charge in [0, 0.05) is 42.9 Å². The normalized spacial score (nSPS) is 21.0. The number of aryl methyl sites for hydroxylation is 2. The van der Waals surface area contributed by atoms with Gasteiger partial charge < -0.3 is 10.2 Å². The lowest BCUT2D eigenvalue weighted by Crippen LogP contribution is -2.49. The number of ketones is 1. The zero-order valence-corrected chi connectivity index (χ0v) is 25.7. The molecule has 5 rings (SSSR count). The van der Waals surface area contributed by atoms with Crippen molar-refractivity contribution < 1.29 is 14.4 Å². The van der Waals surface area contributed by atoms with Crippen LogP contribution in [-0.4, -0.2) is 60.9 Å². The lowest BCUT2D eigenvalue weighted by Gasteiger charge is -2.27. The highest BCUT2D eigenvalue weighted by atomic mass is 16.2. The van der Waals surface area contributed by atoms with E-state index in [0.717, 1.165) is 41.5 Å². The number of Topliss-reactive ketones (excluding diaryl/α,β-unsaturated/α-hetero) is 1. The van der Waals surface area contributed by atoms with Gasteiger partial charge in [0.25, 0.3) is 0 Å². The number of hydrogen-bond donors (Lipinski definition) is 1. The number of aromatic nitrogens is 4. The number of nitrogens with one attached hydrogen (secondary N) is 1. The van der Waals surface area contributed by atoms with E-state index in [1.807, 2.05) is 26.0 Å². The third-order valence-electron chi connectivity index (χ3n) is 9.07. The molecule has 42 heavy (non-hydrogen) atoms. The Balaban J connectivity index is 1.31. The third kappa shape index (κ3) is 6.10. The fourth-order valence-electron chi connectivity index (χ4n) is 6.59. The van der Waals surface area contributed by atoms with Gasteiger partial charge in [-0.1, -0.05) is 52.4 Å². The van der Waals surface area contributed by atoms with Crippen molar-refractivity contribution in [1.82, 2.24) is 30.0 Å². The van der Waals surface area contributed by atoms with Gasteiger partial charge in [-0.25, -0.2) is 9.97 Å². The van der Waals surface area contributed by atoms with Crippen molar-refractivity contribution in [1.29, 1.82) is 0 Å². The largest absolute Gasteiger partial charge is 0.354 e. The summed E-state index contributed by atoms with van der Waals surface area (Å²) in [5.74, 6) is 0.332. The molecule has 224 valence electrons. The van der Waals surface area contributed by atoms with Crippen LogP contribution in [0.15, 0.2) is 24.5 Å². The minimum atomic E-state index is -0.464. The number of piperidine rings is 1. The predicted octanol–water partition coefficient (Wildman–Crippen LogP) is 5.56. The number of amides is 2. The van der Waals surface area contributed by atoms with E-state index >= 15 is 0 Å². The van der Waals surface area contributed by atoms with E-state index in [0.29, 0.717) is 29.9 Å². The second-order valence-corrected chi connectivity index (χ2v) is 12.6. The molecule has 3 heterocycles. The standard InChI is InChI=1S/C33H44N6O3/c1-6-7-8-9-10-11-12-13-34-32(42)27-16-33(5)17-28(33)39(27)29(41)20-38-31-21(2)14-24(25-18-35-23(4)36-19-25)15-26(31)30(37-38)22(3)40/h14-15,18-19,27-28H,6-13,16-17,20H2,1-5H3,(H,34,42)/t27-,28+,33-/m0/s1. The molecule has 0 spiro atoms. The first-order chi connectivity index (χ1) is 20.1. The van der Waals surface area contributed by atoms with Gasteiger partial charge >= 0.3 is 0 Å². The minimum Gasteiger partial charge on any atom is -0.354 e. The summed E-state index contributed by atoms with van der Waals surface area (Å²) < 4.78 is 1.64. The van der Waals surface area contributed by atoms with Crippen LogP contribution in [0.25, 0.3) is 22.0 Å². The molecule has 0 radical (unpaired) electrons. The summed E-state index contributed by atoms with van der Waals surface area (Å²) >= 11 is 0. The number of carbonyl (C=O) groups excluding carboxylic acids is 3. The molecule has 2 fully saturated rings. The van der Waals surface area contributed by atoms with Gasteiger partial charge in [-0.05, 0) is 61.8 Å². The fraction of sp³-hybridized carbons (Fsp3) is 0.576. The van der Waals surface area contributed by atoms with Crippen LogP contribution in [0.4, 0.5) is 0 Å². The molecule has 2 amide bonds. The summed E-state index contributed by atoms with van der Waals surface area (Å²) in [6.45, 7) is 10.3. The van der Waals surface area contributed by atoms with E-state index in [9.17, 15) is 14.4 Å². The maximum Gasteiger partial charge on any atom is 0.245 e. The van der Waals surface area contributed by atoms with Crippen LogP contribution < -0.4 is 5.32 Å². The zero-order valence-electron chi connectivity index (χ0n) is 25.7. The molecule has 1 aliphatic heterocycles. The number of nitrogens with zero attached hydrogens (tertiary/aromatic N) is 5. The van der Waals surface area contributed by atoms with E-state index in [4.69, 9.17) is 0 Å². The highest BCUT2D eigenvalue weighted by Gasteiger charge is 2.64. The Kier molecular flexibility index (Phi) is 8.76. The molecule has 1 aromatic carbocycles. The first-order valence-electron chi connectivity index (χ1n) is 15.5. The van der Waals surface area contributed by atoms with Gasteiger partial charge in [0.15, 0.2) is 5.78 Å². The molecule has 3 aromatic rings. The Bertz CT molecular complexity index is 1480. The van der Waals surface area contributed by atoms with Crippen molar-refractivity contribution >= 4 is 28.5 Å². The molecule has 0 unspecified atom stereocenters. The first kappa shape index (κ1) is 29.9. The van der Waals surface area contributed by atoms with Crippen molar-refractivity contribution in [3.63, 3.8) is 0 Å². The molecule has 2 aromatic heterocycles. The lowest BCUT2D eigenvalue weighted by molar-refractivity contribution is -0.140. The Morgan fingerprint density at radius 1 is 0.976 bits per heavy atom. The smallest absolute Gasteiger partial charge is 0.245 e. The first-order valence-corrected chi connectivity index (χ1v) is 15.5. The van der Waals surface area contributed by atoms with Crippen LogP contribution in [0, 0.1) is 19.3 Å². The minimum absolute atomic E-state index is 0.00536. The highest BCUT2D eigenvalue weighted by molar-refractivity contribution is 6.07. The van der Waals surface area contributed by atoms with Crippen molar-refractivity contribution in [2.24, 2.45) is 5.41 Å². The van der Waals surface area contributed by atoms with Crippen LogP contribution in [0.3, 0.4) is 0 Å². The number of hydrogen-bond acceptors (Lipinski definition) is 6. The fourth-order valence-corrected chi connectivity index (χ4v) is 6.59. The Morgan fingerprint density at radius 2 is 1.67 bits per heavy atom. The van der Waals surface area contributed by atoms with E-state index in [-0.39, 0.29) is 35.6 Å². The lowest BCUT2D eigenvalue weighted by atomic mass is 10.0. The molecule has 1 saturated carbocycles. The summed E-state index contributed by atoms with van der Waals surface area (Å²) in [6.07, 6.45) is 13.5. The van der Waals surface area contributed by atoms with Crippen LogP contribution >= 0.6 is 0 Å². The summed E-state index contributed by atoms with van der Waals surface area (Å²) in [6, 6.07) is 3.54. The van der Waals surface area contributed by atoms with Crippen molar-refractivity contribution in [2.75, 3.05) is 6.54 Å². The maximum absolute atomic E-state index is 13.8. The number of likely N-dealkylation sites (tertiary alicyclic amines) is 1. The summed E-state index contributed by atoms with van der Waals surface area (Å²) in [4.78, 5) is 50.2. The second-order valence-electron chi connectivity index (χ2n) is 12.6. The highest BCUT2D eigenvalue weighted by Crippen LogP contribution is 2.59. The molecule has 9 nitrogen and oxygen atoms in total. The van der Waals surface area contributed by atoms with Crippen LogP contribution in [0.2, 0.25) is 0 Å². The Hall–Kier alpha value is -3.62. The van der Waals surface area contributed by atoms with Crippen LogP contribution in [0.1, 0.15) is 100 Å². The molecule has 1 saturated heterocycles. The quantitative estimate of drug-likeness (QED) is 0.212. The molecule has 9 heteroatoms.